The van der Waals surface area contributed by atoms with Crippen molar-refractivity contribution >= 4 is 15.9 Å². The normalized spacial score (nSPS) is 9.92. The summed E-state index contributed by atoms with van der Waals surface area (Å²) >= 11 is 3.37. The van der Waals surface area contributed by atoms with Crippen LogP contribution in [0.1, 0.15) is 0 Å². The Hall–Kier alpha value is -1.29. The van der Waals surface area contributed by atoms with Gasteiger partial charge >= 0.3 is 0 Å². The molecule has 13 heavy (non-hydrogen) atoms. The summed E-state index contributed by atoms with van der Waals surface area (Å²) in [6.07, 6.45) is 4.95. The lowest BCUT2D eigenvalue weighted by atomic mass is 10.3. The zero-order valence-corrected chi connectivity index (χ0v) is 8.27. The molecule has 0 aliphatic carbocycles. The van der Waals surface area contributed by atoms with Gasteiger partial charge in [-0.1, -0.05) is 6.07 Å². The second kappa shape index (κ2) is 3.62. The Kier molecular flexibility index (Phi) is 2.31. The maximum atomic E-state index is 4.19. The highest BCUT2D eigenvalue weighted by Crippen LogP contribution is 2.21. The van der Waals surface area contributed by atoms with Gasteiger partial charge in [-0.15, -0.1) is 0 Å². The van der Waals surface area contributed by atoms with Gasteiger partial charge in [0.1, 0.15) is 12.0 Å². The number of halogens is 1. The fourth-order valence-corrected chi connectivity index (χ4v) is 1.43. The van der Waals surface area contributed by atoms with Crippen LogP contribution >= 0.6 is 15.9 Å². The Morgan fingerprint density at radius 2 is 2.08 bits per heavy atom. The van der Waals surface area contributed by atoms with Crippen LogP contribution in [0.2, 0.25) is 0 Å². The van der Waals surface area contributed by atoms with Crippen LogP contribution in [0, 0.1) is 0 Å². The minimum atomic E-state index is 0.815. The van der Waals surface area contributed by atoms with Crippen LogP contribution in [-0.4, -0.2) is 15.0 Å². The Morgan fingerprint density at radius 1 is 1.15 bits per heavy atom. The first-order valence-corrected chi connectivity index (χ1v) is 4.54. The van der Waals surface area contributed by atoms with Crippen molar-refractivity contribution < 1.29 is 0 Å². The van der Waals surface area contributed by atoms with E-state index in [9.17, 15) is 0 Å². The van der Waals surface area contributed by atoms with Crippen LogP contribution in [0.3, 0.4) is 0 Å². The van der Waals surface area contributed by atoms with Gasteiger partial charge in [0.25, 0.3) is 0 Å². The average Bonchev–Trinajstić information content (AvgIpc) is 2.20. The molecule has 0 spiro atoms. The third kappa shape index (κ3) is 1.72. The molecule has 0 unspecified atom stereocenters. The Labute approximate surface area is 84.0 Å². The SMILES string of the molecule is Brc1cncnc1-c1ccccn1. The van der Waals surface area contributed by atoms with E-state index in [0.29, 0.717) is 0 Å². The lowest BCUT2D eigenvalue weighted by Crippen LogP contribution is -1.88. The highest BCUT2D eigenvalue weighted by atomic mass is 79.9. The van der Waals surface area contributed by atoms with Crippen molar-refractivity contribution in [2.45, 2.75) is 0 Å². The van der Waals surface area contributed by atoms with Crippen molar-refractivity contribution in [3.05, 3.63) is 41.4 Å². The molecule has 0 radical (unpaired) electrons. The zero-order chi connectivity index (χ0) is 9.10. The van der Waals surface area contributed by atoms with Crippen molar-refractivity contribution in [2.75, 3.05) is 0 Å². The van der Waals surface area contributed by atoms with E-state index in [0.717, 1.165) is 15.9 Å². The Morgan fingerprint density at radius 3 is 2.77 bits per heavy atom. The van der Waals surface area contributed by atoms with Gasteiger partial charge in [0.2, 0.25) is 0 Å². The van der Waals surface area contributed by atoms with Crippen LogP contribution in [0.25, 0.3) is 11.4 Å². The van der Waals surface area contributed by atoms with E-state index < -0.39 is 0 Å². The van der Waals surface area contributed by atoms with Crippen molar-refractivity contribution in [1.82, 2.24) is 15.0 Å². The van der Waals surface area contributed by atoms with Gasteiger partial charge in [-0.2, -0.15) is 0 Å². The van der Waals surface area contributed by atoms with Crippen LogP contribution < -0.4 is 0 Å². The molecule has 0 fully saturated rings. The molecule has 64 valence electrons. The molecule has 0 saturated heterocycles. The summed E-state index contributed by atoms with van der Waals surface area (Å²) < 4.78 is 0.855. The predicted molar refractivity (Wildman–Crippen MR) is 53.0 cm³/mol. The van der Waals surface area contributed by atoms with Crippen molar-refractivity contribution in [2.24, 2.45) is 0 Å². The molecule has 0 saturated carbocycles. The van der Waals surface area contributed by atoms with Crippen molar-refractivity contribution in [3.63, 3.8) is 0 Å². The average molecular weight is 236 g/mol. The number of nitrogens with zero attached hydrogens (tertiary/aromatic N) is 3. The summed E-state index contributed by atoms with van der Waals surface area (Å²) in [4.78, 5) is 12.2. The van der Waals surface area contributed by atoms with Gasteiger partial charge in [0.15, 0.2) is 0 Å². The summed E-state index contributed by atoms with van der Waals surface area (Å²) in [5.41, 5.74) is 1.66. The largest absolute Gasteiger partial charge is 0.255 e. The van der Waals surface area contributed by atoms with Gasteiger partial charge in [-0.25, -0.2) is 9.97 Å². The molecule has 0 N–H and O–H groups in total. The van der Waals surface area contributed by atoms with Gasteiger partial charge in [0, 0.05) is 12.4 Å². The fourth-order valence-electron chi connectivity index (χ4n) is 1.00. The lowest BCUT2D eigenvalue weighted by molar-refractivity contribution is 1.14. The third-order valence-corrected chi connectivity index (χ3v) is 2.16. The first-order valence-electron chi connectivity index (χ1n) is 3.75. The standard InChI is InChI=1S/C9H6BrN3/c10-7-5-11-6-13-9(7)8-3-1-2-4-12-8/h1-6H. The first-order chi connectivity index (χ1) is 6.38. The molecular weight excluding hydrogens is 230 g/mol. The highest BCUT2D eigenvalue weighted by Gasteiger charge is 2.03. The number of aromatic nitrogens is 3. The first kappa shape index (κ1) is 8.31. The van der Waals surface area contributed by atoms with E-state index in [2.05, 4.69) is 30.9 Å². The van der Waals surface area contributed by atoms with Crippen LogP contribution in [-0.2, 0) is 0 Å². The molecule has 2 aromatic heterocycles. The molecule has 0 aromatic carbocycles. The summed E-state index contributed by atoms with van der Waals surface area (Å²) in [5.74, 6) is 0. The quantitative estimate of drug-likeness (QED) is 0.762. The minimum Gasteiger partial charge on any atom is -0.255 e. The van der Waals surface area contributed by atoms with Gasteiger partial charge < -0.3 is 0 Å². The topological polar surface area (TPSA) is 38.7 Å². The summed E-state index contributed by atoms with van der Waals surface area (Å²) in [6, 6.07) is 5.71. The second-order valence-corrected chi connectivity index (χ2v) is 3.29. The zero-order valence-electron chi connectivity index (χ0n) is 6.68. The van der Waals surface area contributed by atoms with E-state index in [1.807, 2.05) is 18.2 Å². The molecule has 0 aliphatic rings. The Bertz CT molecular complexity index is 403. The molecule has 3 nitrogen and oxygen atoms in total. The predicted octanol–water partition coefficient (Wildman–Crippen LogP) is 2.30. The van der Waals surface area contributed by atoms with Gasteiger partial charge in [0.05, 0.1) is 10.2 Å². The van der Waals surface area contributed by atoms with Crippen LogP contribution in [0.4, 0.5) is 0 Å². The molecule has 0 bridgehead atoms. The molecule has 0 aliphatic heterocycles. The molecule has 2 rings (SSSR count). The van der Waals surface area contributed by atoms with Crippen LogP contribution in [0.15, 0.2) is 41.4 Å². The van der Waals surface area contributed by atoms with E-state index in [1.165, 1.54) is 6.33 Å². The fraction of sp³-hybridized carbons (Fsp3) is 0. The number of hydrogen-bond acceptors (Lipinski definition) is 3. The molecular formula is C9H6BrN3. The van der Waals surface area contributed by atoms with Gasteiger partial charge in [-0.3, -0.25) is 4.98 Å². The van der Waals surface area contributed by atoms with Crippen molar-refractivity contribution in [3.8, 4) is 11.4 Å². The lowest BCUT2D eigenvalue weighted by Gasteiger charge is -1.99. The summed E-state index contributed by atoms with van der Waals surface area (Å²) in [6.45, 7) is 0. The van der Waals surface area contributed by atoms with Crippen molar-refractivity contribution in [1.29, 1.82) is 0 Å². The van der Waals surface area contributed by atoms with E-state index >= 15 is 0 Å². The summed E-state index contributed by atoms with van der Waals surface area (Å²) in [5, 5.41) is 0. The highest BCUT2D eigenvalue weighted by molar-refractivity contribution is 9.10. The number of pyridine rings is 1. The van der Waals surface area contributed by atoms with E-state index in [4.69, 9.17) is 0 Å². The smallest absolute Gasteiger partial charge is 0.116 e. The minimum absolute atomic E-state index is 0.815. The monoisotopic (exact) mass is 235 g/mol. The molecule has 4 heteroatoms. The summed E-state index contributed by atoms with van der Waals surface area (Å²) in [7, 11) is 0. The second-order valence-electron chi connectivity index (χ2n) is 2.43. The van der Waals surface area contributed by atoms with Crippen LogP contribution in [0.5, 0.6) is 0 Å². The third-order valence-electron chi connectivity index (χ3n) is 1.58. The number of hydrogen-bond donors (Lipinski definition) is 0. The van der Waals surface area contributed by atoms with E-state index in [-0.39, 0.29) is 0 Å². The number of rotatable bonds is 1. The molecule has 0 amide bonds. The molecule has 2 heterocycles. The Balaban J connectivity index is 2.54. The molecule has 2 aromatic rings. The van der Waals surface area contributed by atoms with E-state index in [1.54, 1.807) is 12.4 Å². The maximum Gasteiger partial charge on any atom is 0.116 e. The maximum absolute atomic E-state index is 4.19. The molecule has 0 atom stereocenters. The van der Waals surface area contributed by atoms with Gasteiger partial charge in [-0.05, 0) is 28.1 Å².